The van der Waals surface area contributed by atoms with Gasteiger partial charge in [0.15, 0.2) is 24.2 Å². The average Bonchev–Trinajstić information content (AvgIpc) is 3.60. The van der Waals surface area contributed by atoms with E-state index in [0.717, 1.165) is 61.0 Å². The van der Waals surface area contributed by atoms with Gasteiger partial charge in [-0.2, -0.15) is 10.2 Å². The van der Waals surface area contributed by atoms with Gasteiger partial charge in [0.25, 0.3) is 0 Å². The molecule has 0 amide bonds. The summed E-state index contributed by atoms with van der Waals surface area (Å²) in [5.41, 5.74) is 3.68. The molecule has 2 saturated heterocycles. The fourth-order valence-electron chi connectivity index (χ4n) is 4.80. The highest BCUT2D eigenvalue weighted by atomic mass is 16.6. The molecule has 2 fully saturated rings. The minimum Gasteiger partial charge on any atom is -0.512 e. The van der Waals surface area contributed by atoms with Crippen molar-refractivity contribution in [3.8, 4) is 34.3 Å². The third-order valence-electron chi connectivity index (χ3n) is 6.74. The molecule has 0 aliphatic carbocycles. The van der Waals surface area contributed by atoms with Gasteiger partial charge in [0.2, 0.25) is 0 Å². The van der Waals surface area contributed by atoms with Gasteiger partial charge in [-0.25, -0.2) is 9.36 Å². The number of benzene rings is 2. The fourth-order valence-corrected chi connectivity index (χ4v) is 4.80. The van der Waals surface area contributed by atoms with E-state index in [2.05, 4.69) is 0 Å². The predicted molar refractivity (Wildman–Crippen MR) is 140 cm³/mol. The second kappa shape index (κ2) is 11.2. The summed E-state index contributed by atoms with van der Waals surface area (Å²) in [5.74, 6) is 1.13. The quantitative estimate of drug-likeness (QED) is 0.287. The molecule has 9 heteroatoms. The summed E-state index contributed by atoms with van der Waals surface area (Å²) >= 11 is 0. The van der Waals surface area contributed by atoms with Gasteiger partial charge in [0, 0.05) is 36.5 Å². The smallest absolute Gasteiger partial charge is 0.512 e. The molecule has 2 aliphatic rings. The number of aromatic nitrogens is 4. The first-order chi connectivity index (χ1) is 18.3. The fraction of sp³-hybridized carbons (Fsp3) is 0.357. The highest BCUT2D eigenvalue weighted by Gasteiger charge is 2.25. The molecule has 1 radical (unpaired) electrons. The van der Waals surface area contributed by atoms with Gasteiger partial charge in [0.05, 0.1) is 11.4 Å². The molecule has 8 nitrogen and oxygen atoms in total. The summed E-state index contributed by atoms with van der Waals surface area (Å²) in [6.07, 6.45) is 5.75. The van der Waals surface area contributed by atoms with E-state index in [1.165, 1.54) is 7.69 Å². The molecule has 0 N–H and O–H groups in total. The number of hydrogen-bond acceptors (Lipinski definition) is 6. The SMILES string of the molecule is [B](Oc1cc(-c2ccccc2)nn1C1CCCCO1)Oc1cc(-c2ccccc2)nn1C1CCCCO1. The molecular formula is C28H30BN4O4. The Hall–Kier alpha value is -3.56. The minimum atomic E-state index is -0.166. The Morgan fingerprint density at radius 2 is 1.11 bits per heavy atom. The lowest BCUT2D eigenvalue weighted by atomic mass is 10.1. The molecule has 6 rings (SSSR count). The number of hydrogen-bond donors (Lipinski definition) is 0. The Balaban J connectivity index is 1.23. The lowest BCUT2D eigenvalue weighted by Gasteiger charge is -2.25. The van der Waals surface area contributed by atoms with Gasteiger partial charge < -0.3 is 18.8 Å². The Morgan fingerprint density at radius 3 is 1.51 bits per heavy atom. The monoisotopic (exact) mass is 497 g/mol. The molecule has 2 aliphatic heterocycles. The molecular weight excluding hydrogens is 467 g/mol. The molecule has 0 spiro atoms. The molecule has 0 saturated carbocycles. The van der Waals surface area contributed by atoms with Gasteiger partial charge in [0.1, 0.15) is 0 Å². The van der Waals surface area contributed by atoms with Crippen molar-refractivity contribution in [2.24, 2.45) is 0 Å². The molecule has 189 valence electrons. The van der Waals surface area contributed by atoms with E-state index in [4.69, 9.17) is 29.0 Å². The van der Waals surface area contributed by atoms with E-state index >= 15 is 0 Å². The van der Waals surface area contributed by atoms with E-state index in [1.54, 1.807) is 0 Å². The summed E-state index contributed by atoms with van der Waals surface area (Å²) in [5, 5.41) is 9.64. The average molecular weight is 497 g/mol. The van der Waals surface area contributed by atoms with Crippen LogP contribution in [0.2, 0.25) is 0 Å². The Labute approximate surface area is 217 Å². The lowest BCUT2D eigenvalue weighted by molar-refractivity contribution is -0.0428. The first-order valence-electron chi connectivity index (χ1n) is 13.0. The normalized spacial score (nSPS) is 19.9. The van der Waals surface area contributed by atoms with Crippen LogP contribution in [0.3, 0.4) is 0 Å². The summed E-state index contributed by atoms with van der Waals surface area (Å²) in [7, 11) is 1.34. The van der Waals surface area contributed by atoms with Gasteiger partial charge in [-0.15, -0.1) is 0 Å². The Bertz CT molecular complexity index is 1180. The standard InChI is InChI=1S/C28H30BN4O4/c1-3-11-21(12-4-1)23-19-27(32(30-23)25-15-7-9-17-34-25)36-29-37-28-20-24(22-13-5-2-6-14-22)31-33(28)26-16-8-10-18-35-26/h1-6,11-14,19-20,25-26H,7-10,15-18H2. The van der Waals surface area contributed by atoms with Crippen LogP contribution in [0.25, 0.3) is 22.5 Å². The maximum atomic E-state index is 6.05. The molecule has 2 aromatic heterocycles. The molecule has 4 aromatic rings. The topological polar surface area (TPSA) is 72.6 Å². The van der Waals surface area contributed by atoms with Crippen molar-refractivity contribution in [1.29, 1.82) is 0 Å². The maximum Gasteiger partial charge on any atom is 0.660 e. The maximum absolute atomic E-state index is 6.05. The van der Waals surface area contributed by atoms with Crippen LogP contribution in [0, 0.1) is 0 Å². The molecule has 2 atom stereocenters. The van der Waals surface area contributed by atoms with Crippen LogP contribution in [0.1, 0.15) is 51.0 Å². The summed E-state index contributed by atoms with van der Waals surface area (Å²) in [6.45, 7) is 1.43. The zero-order valence-electron chi connectivity index (χ0n) is 20.7. The number of ether oxygens (including phenoxy) is 2. The van der Waals surface area contributed by atoms with Crippen LogP contribution in [-0.2, 0) is 9.47 Å². The third-order valence-corrected chi connectivity index (χ3v) is 6.74. The lowest BCUT2D eigenvalue weighted by Crippen LogP contribution is -2.23. The van der Waals surface area contributed by atoms with Crippen molar-refractivity contribution in [1.82, 2.24) is 19.6 Å². The van der Waals surface area contributed by atoms with Gasteiger partial charge >= 0.3 is 7.69 Å². The third kappa shape index (κ3) is 5.43. The first-order valence-corrected chi connectivity index (χ1v) is 13.0. The van der Waals surface area contributed by atoms with Crippen molar-refractivity contribution in [2.45, 2.75) is 51.0 Å². The molecule has 4 heterocycles. The summed E-state index contributed by atoms with van der Waals surface area (Å²) < 4.78 is 27.7. The molecule has 2 unspecified atom stereocenters. The highest BCUT2D eigenvalue weighted by Crippen LogP contribution is 2.32. The van der Waals surface area contributed by atoms with E-state index in [1.807, 2.05) is 82.2 Å². The zero-order chi connectivity index (χ0) is 24.9. The molecule has 37 heavy (non-hydrogen) atoms. The number of nitrogens with zero attached hydrogens (tertiary/aromatic N) is 4. The Morgan fingerprint density at radius 1 is 0.649 bits per heavy atom. The minimum absolute atomic E-state index is 0.166. The van der Waals surface area contributed by atoms with Crippen molar-refractivity contribution < 1.29 is 18.8 Å². The van der Waals surface area contributed by atoms with Gasteiger partial charge in [-0.05, 0) is 38.5 Å². The van der Waals surface area contributed by atoms with Crippen molar-refractivity contribution in [3.05, 3.63) is 72.8 Å². The first kappa shape index (κ1) is 23.8. The van der Waals surface area contributed by atoms with E-state index in [0.29, 0.717) is 25.0 Å². The molecule has 2 aromatic carbocycles. The molecule has 0 bridgehead atoms. The van der Waals surface area contributed by atoms with Gasteiger partial charge in [-0.3, -0.25) is 0 Å². The predicted octanol–water partition coefficient (Wildman–Crippen LogP) is 5.80. The van der Waals surface area contributed by atoms with Crippen LogP contribution in [-0.4, -0.2) is 40.5 Å². The summed E-state index contributed by atoms with van der Waals surface area (Å²) in [6, 6.07) is 24.0. The number of rotatable bonds is 8. The van der Waals surface area contributed by atoms with Crippen molar-refractivity contribution in [3.63, 3.8) is 0 Å². The van der Waals surface area contributed by atoms with Crippen LogP contribution in [0.4, 0.5) is 0 Å². The van der Waals surface area contributed by atoms with Crippen molar-refractivity contribution >= 4 is 7.69 Å². The zero-order valence-corrected chi connectivity index (χ0v) is 20.7. The van der Waals surface area contributed by atoms with Crippen LogP contribution in [0.15, 0.2) is 72.8 Å². The largest absolute Gasteiger partial charge is 0.660 e. The van der Waals surface area contributed by atoms with Crippen LogP contribution < -0.4 is 9.31 Å². The van der Waals surface area contributed by atoms with Gasteiger partial charge in [-0.1, -0.05) is 60.7 Å². The highest BCUT2D eigenvalue weighted by molar-refractivity contribution is 6.20. The van der Waals surface area contributed by atoms with E-state index in [9.17, 15) is 0 Å². The van der Waals surface area contributed by atoms with Crippen LogP contribution in [0.5, 0.6) is 11.8 Å². The Kier molecular flexibility index (Phi) is 7.23. The summed E-state index contributed by atoms with van der Waals surface area (Å²) in [4.78, 5) is 0. The second-order valence-corrected chi connectivity index (χ2v) is 9.33. The van der Waals surface area contributed by atoms with E-state index < -0.39 is 0 Å². The second-order valence-electron chi connectivity index (χ2n) is 9.33. The van der Waals surface area contributed by atoms with Crippen LogP contribution >= 0.6 is 0 Å². The van der Waals surface area contributed by atoms with E-state index in [-0.39, 0.29) is 12.5 Å². The van der Waals surface area contributed by atoms with Crippen molar-refractivity contribution in [2.75, 3.05) is 13.2 Å².